The van der Waals surface area contributed by atoms with Crippen LogP contribution in [0.5, 0.6) is 0 Å². The number of amides is 2. The van der Waals surface area contributed by atoms with E-state index in [1.807, 2.05) is 25.1 Å². The van der Waals surface area contributed by atoms with Crippen LogP contribution in [0.2, 0.25) is 0 Å². The maximum atomic E-state index is 11.9. The van der Waals surface area contributed by atoms with E-state index in [9.17, 15) is 4.79 Å². The van der Waals surface area contributed by atoms with Gasteiger partial charge in [0.25, 0.3) is 0 Å². The Morgan fingerprint density at radius 3 is 3.16 bits per heavy atom. The first-order chi connectivity index (χ1) is 9.25. The normalized spacial score (nSPS) is 19.0. The minimum Gasteiger partial charge on any atom is -0.375 e. The van der Waals surface area contributed by atoms with Crippen molar-refractivity contribution in [2.45, 2.75) is 13.0 Å². The summed E-state index contributed by atoms with van der Waals surface area (Å²) in [5.74, 6) is 0.816. The topological polar surface area (TPSA) is 66.5 Å². The minimum atomic E-state index is -0.0297. The molecular formula is C13H20N4O2. The zero-order valence-corrected chi connectivity index (χ0v) is 11.1. The quantitative estimate of drug-likeness (QED) is 0.794. The fraction of sp³-hybridized carbons (Fsp3) is 0.538. The van der Waals surface area contributed by atoms with Crippen LogP contribution in [-0.2, 0) is 4.74 Å². The van der Waals surface area contributed by atoms with Crippen LogP contribution in [0.1, 0.15) is 6.92 Å². The van der Waals surface area contributed by atoms with Crippen molar-refractivity contribution in [3.05, 3.63) is 24.4 Å². The van der Waals surface area contributed by atoms with Crippen molar-refractivity contribution in [1.29, 1.82) is 0 Å². The van der Waals surface area contributed by atoms with Crippen molar-refractivity contribution in [2.75, 3.05) is 38.1 Å². The van der Waals surface area contributed by atoms with E-state index in [1.54, 1.807) is 11.1 Å². The number of carbonyl (C=O) groups excluding carboxylic acids is 1. The van der Waals surface area contributed by atoms with Gasteiger partial charge in [-0.25, -0.2) is 9.78 Å². The van der Waals surface area contributed by atoms with Crippen LogP contribution in [0.4, 0.5) is 10.6 Å². The van der Waals surface area contributed by atoms with Crippen LogP contribution in [0.3, 0.4) is 0 Å². The Morgan fingerprint density at radius 2 is 2.42 bits per heavy atom. The SMILES string of the molecule is C[C@H]1CN(C(=O)NCCNc2ccccn2)CCO1. The fourth-order valence-corrected chi connectivity index (χ4v) is 1.94. The number of hydrogen-bond acceptors (Lipinski definition) is 4. The molecule has 19 heavy (non-hydrogen) atoms. The molecule has 6 heteroatoms. The molecule has 1 saturated heterocycles. The molecule has 6 nitrogen and oxygen atoms in total. The van der Waals surface area contributed by atoms with Crippen LogP contribution in [0, 0.1) is 0 Å². The molecular weight excluding hydrogens is 244 g/mol. The van der Waals surface area contributed by atoms with Gasteiger partial charge in [-0.15, -0.1) is 0 Å². The van der Waals surface area contributed by atoms with Crippen molar-refractivity contribution in [3.8, 4) is 0 Å². The second-order valence-electron chi connectivity index (χ2n) is 4.50. The molecule has 2 N–H and O–H groups in total. The molecule has 0 spiro atoms. The van der Waals surface area contributed by atoms with E-state index in [2.05, 4.69) is 15.6 Å². The molecule has 2 rings (SSSR count). The first-order valence-corrected chi connectivity index (χ1v) is 6.55. The fourth-order valence-electron chi connectivity index (χ4n) is 1.94. The number of aromatic nitrogens is 1. The number of hydrogen-bond donors (Lipinski definition) is 2. The number of pyridine rings is 1. The molecule has 1 aromatic rings. The van der Waals surface area contributed by atoms with Crippen LogP contribution in [-0.4, -0.2) is 54.8 Å². The van der Waals surface area contributed by atoms with E-state index in [0.29, 0.717) is 32.8 Å². The molecule has 0 aliphatic carbocycles. The summed E-state index contributed by atoms with van der Waals surface area (Å²) in [6.45, 7) is 5.12. The van der Waals surface area contributed by atoms with E-state index in [-0.39, 0.29) is 12.1 Å². The lowest BCUT2D eigenvalue weighted by Crippen LogP contribution is -2.49. The summed E-state index contributed by atoms with van der Waals surface area (Å²) < 4.78 is 5.40. The summed E-state index contributed by atoms with van der Waals surface area (Å²) in [6, 6.07) is 5.65. The summed E-state index contributed by atoms with van der Waals surface area (Å²) in [7, 11) is 0. The molecule has 0 aromatic carbocycles. The average molecular weight is 264 g/mol. The van der Waals surface area contributed by atoms with Crippen LogP contribution < -0.4 is 10.6 Å². The average Bonchev–Trinajstić information content (AvgIpc) is 2.44. The molecule has 0 unspecified atom stereocenters. The smallest absolute Gasteiger partial charge is 0.317 e. The highest BCUT2D eigenvalue weighted by molar-refractivity contribution is 5.74. The van der Waals surface area contributed by atoms with Crippen molar-refractivity contribution in [1.82, 2.24) is 15.2 Å². The van der Waals surface area contributed by atoms with Crippen molar-refractivity contribution in [2.24, 2.45) is 0 Å². The third-order valence-corrected chi connectivity index (χ3v) is 2.90. The van der Waals surface area contributed by atoms with Crippen molar-refractivity contribution in [3.63, 3.8) is 0 Å². The van der Waals surface area contributed by atoms with Crippen LogP contribution >= 0.6 is 0 Å². The molecule has 2 heterocycles. The van der Waals surface area contributed by atoms with E-state index < -0.39 is 0 Å². The van der Waals surface area contributed by atoms with E-state index in [0.717, 1.165) is 5.82 Å². The summed E-state index contributed by atoms with van der Waals surface area (Å²) >= 11 is 0. The molecule has 1 fully saturated rings. The van der Waals surface area contributed by atoms with Gasteiger partial charge in [0, 0.05) is 32.4 Å². The van der Waals surface area contributed by atoms with Gasteiger partial charge in [-0.2, -0.15) is 0 Å². The number of nitrogens with one attached hydrogen (secondary N) is 2. The zero-order chi connectivity index (χ0) is 13.5. The van der Waals surface area contributed by atoms with E-state index in [4.69, 9.17) is 4.74 Å². The summed E-state index contributed by atoms with van der Waals surface area (Å²) in [5.41, 5.74) is 0. The molecule has 1 aromatic heterocycles. The van der Waals surface area contributed by atoms with Crippen molar-refractivity contribution >= 4 is 11.8 Å². The van der Waals surface area contributed by atoms with Crippen molar-refractivity contribution < 1.29 is 9.53 Å². The lowest BCUT2D eigenvalue weighted by atomic mass is 10.3. The molecule has 0 bridgehead atoms. The third kappa shape index (κ3) is 4.40. The minimum absolute atomic E-state index is 0.0297. The molecule has 2 amide bonds. The number of rotatable bonds is 4. The Labute approximate surface area is 113 Å². The first-order valence-electron chi connectivity index (χ1n) is 6.55. The van der Waals surface area contributed by atoms with Gasteiger partial charge >= 0.3 is 6.03 Å². The van der Waals surface area contributed by atoms with E-state index >= 15 is 0 Å². The first kappa shape index (κ1) is 13.6. The highest BCUT2D eigenvalue weighted by Gasteiger charge is 2.20. The Balaban J connectivity index is 1.64. The Kier molecular flexibility index (Phi) is 4.97. The second kappa shape index (κ2) is 6.94. The standard InChI is InChI=1S/C13H20N4O2/c1-11-10-17(8-9-19-11)13(18)16-7-6-15-12-4-2-3-5-14-12/h2-5,11H,6-10H2,1H3,(H,14,15)(H,16,18)/t11-/m0/s1. The van der Waals surface area contributed by atoms with Gasteiger partial charge < -0.3 is 20.3 Å². The monoisotopic (exact) mass is 264 g/mol. The van der Waals surface area contributed by atoms with Gasteiger partial charge in [-0.3, -0.25) is 0 Å². The summed E-state index contributed by atoms with van der Waals surface area (Å²) in [4.78, 5) is 17.8. The number of ether oxygens (including phenoxy) is 1. The zero-order valence-electron chi connectivity index (χ0n) is 11.1. The molecule has 104 valence electrons. The van der Waals surface area contributed by atoms with Gasteiger partial charge in [-0.1, -0.05) is 6.07 Å². The second-order valence-corrected chi connectivity index (χ2v) is 4.50. The molecule has 1 aliphatic heterocycles. The number of morpholine rings is 1. The van der Waals surface area contributed by atoms with Gasteiger partial charge in [0.1, 0.15) is 5.82 Å². The predicted molar refractivity (Wildman–Crippen MR) is 73.1 cm³/mol. The number of anilines is 1. The van der Waals surface area contributed by atoms with Gasteiger partial charge in [0.15, 0.2) is 0 Å². The summed E-state index contributed by atoms with van der Waals surface area (Å²) in [5, 5.41) is 6.03. The Morgan fingerprint density at radius 1 is 1.53 bits per heavy atom. The van der Waals surface area contributed by atoms with Gasteiger partial charge in [0.2, 0.25) is 0 Å². The Bertz CT molecular complexity index is 399. The number of urea groups is 1. The lowest BCUT2D eigenvalue weighted by molar-refractivity contribution is -0.00340. The summed E-state index contributed by atoms with van der Waals surface area (Å²) in [6.07, 6.45) is 1.85. The predicted octanol–water partition coefficient (Wildman–Crippen LogP) is 0.924. The maximum absolute atomic E-state index is 11.9. The van der Waals surface area contributed by atoms with Gasteiger partial charge in [0.05, 0.1) is 12.7 Å². The van der Waals surface area contributed by atoms with Crippen LogP contribution in [0.25, 0.3) is 0 Å². The largest absolute Gasteiger partial charge is 0.375 e. The molecule has 0 radical (unpaired) electrons. The number of carbonyl (C=O) groups is 1. The van der Waals surface area contributed by atoms with Crippen LogP contribution in [0.15, 0.2) is 24.4 Å². The van der Waals surface area contributed by atoms with E-state index in [1.165, 1.54) is 0 Å². The molecule has 0 saturated carbocycles. The maximum Gasteiger partial charge on any atom is 0.317 e. The highest BCUT2D eigenvalue weighted by Crippen LogP contribution is 2.04. The third-order valence-electron chi connectivity index (χ3n) is 2.90. The number of nitrogens with zero attached hydrogens (tertiary/aromatic N) is 2. The molecule has 1 atom stereocenters. The lowest BCUT2D eigenvalue weighted by Gasteiger charge is -2.31. The Hall–Kier alpha value is -1.82. The van der Waals surface area contributed by atoms with Gasteiger partial charge in [-0.05, 0) is 19.1 Å². The highest BCUT2D eigenvalue weighted by atomic mass is 16.5. The molecule has 1 aliphatic rings.